The minimum atomic E-state index is -0.392. The lowest BCUT2D eigenvalue weighted by Gasteiger charge is -2.36. The molecular weight excluding hydrogens is 467 g/mol. The van der Waals surface area contributed by atoms with Gasteiger partial charge < -0.3 is 14.4 Å². The number of hydrogen-bond donors (Lipinski definition) is 0. The Bertz CT molecular complexity index is 1150. The molecule has 184 valence electrons. The van der Waals surface area contributed by atoms with Crippen molar-refractivity contribution in [2.75, 3.05) is 39.8 Å². The van der Waals surface area contributed by atoms with Gasteiger partial charge in [0, 0.05) is 43.3 Å². The Morgan fingerprint density at radius 3 is 2.49 bits per heavy atom. The molecule has 1 unspecified atom stereocenters. The summed E-state index contributed by atoms with van der Waals surface area (Å²) in [4.78, 5) is 17.1. The van der Waals surface area contributed by atoms with Gasteiger partial charge in [0.1, 0.15) is 11.6 Å². The van der Waals surface area contributed by atoms with E-state index in [1.165, 1.54) is 12.1 Å². The van der Waals surface area contributed by atoms with Gasteiger partial charge in [0.05, 0.1) is 19.8 Å². The standard InChI is InChI=1S/C28H30ClFN2O3/c1-20-6-11-24(30)17-26(20)28(33)32-14-12-31(13-15-32)18-27(22-7-9-23(29)10-8-22)35-19-21-4-3-5-25(16-21)34-2/h3-11,16-17,27H,12-15,18-19H2,1-2H3. The Morgan fingerprint density at radius 2 is 1.77 bits per heavy atom. The molecule has 1 fully saturated rings. The first kappa shape index (κ1) is 25.2. The number of nitrogens with zero attached hydrogens (tertiary/aromatic N) is 2. The number of carbonyl (C=O) groups is 1. The van der Waals surface area contributed by atoms with E-state index in [1.54, 1.807) is 18.1 Å². The van der Waals surface area contributed by atoms with Gasteiger partial charge >= 0.3 is 0 Å². The van der Waals surface area contributed by atoms with Gasteiger partial charge in [-0.2, -0.15) is 0 Å². The van der Waals surface area contributed by atoms with Crippen LogP contribution in [-0.4, -0.2) is 55.5 Å². The van der Waals surface area contributed by atoms with Crippen molar-refractivity contribution in [3.63, 3.8) is 0 Å². The fourth-order valence-corrected chi connectivity index (χ4v) is 4.38. The highest BCUT2D eigenvalue weighted by Gasteiger charge is 2.26. The summed E-state index contributed by atoms with van der Waals surface area (Å²) in [6.07, 6.45) is -0.161. The van der Waals surface area contributed by atoms with E-state index in [4.69, 9.17) is 21.1 Å². The number of halogens is 2. The maximum absolute atomic E-state index is 13.7. The van der Waals surface area contributed by atoms with Crippen LogP contribution in [0.5, 0.6) is 5.75 Å². The molecule has 1 aliphatic rings. The third-order valence-corrected chi connectivity index (χ3v) is 6.59. The van der Waals surface area contributed by atoms with Crippen LogP contribution in [0.2, 0.25) is 5.02 Å². The van der Waals surface area contributed by atoms with Gasteiger partial charge in [0.15, 0.2) is 0 Å². The number of methoxy groups -OCH3 is 1. The fraction of sp³-hybridized carbons (Fsp3) is 0.321. The third kappa shape index (κ3) is 6.60. The number of amides is 1. The molecule has 3 aromatic rings. The van der Waals surface area contributed by atoms with E-state index >= 15 is 0 Å². The van der Waals surface area contributed by atoms with E-state index < -0.39 is 5.82 Å². The second kappa shape index (κ2) is 11.7. The van der Waals surface area contributed by atoms with Crippen molar-refractivity contribution >= 4 is 17.5 Å². The summed E-state index contributed by atoms with van der Waals surface area (Å²) in [6, 6.07) is 19.9. The predicted molar refractivity (Wildman–Crippen MR) is 135 cm³/mol. The van der Waals surface area contributed by atoms with Crippen LogP contribution < -0.4 is 4.74 Å². The SMILES string of the molecule is COc1cccc(COC(CN2CCN(C(=O)c3cc(F)ccc3C)CC2)c2ccc(Cl)cc2)c1. The molecule has 0 aliphatic carbocycles. The molecule has 0 N–H and O–H groups in total. The summed E-state index contributed by atoms with van der Waals surface area (Å²) in [5.74, 6) is 0.283. The average Bonchev–Trinajstić information content (AvgIpc) is 2.88. The quantitative estimate of drug-likeness (QED) is 0.412. The Hall–Kier alpha value is -2.93. The first-order valence-corrected chi connectivity index (χ1v) is 12.1. The van der Waals surface area contributed by atoms with E-state index in [9.17, 15) is 9.18 Å². The number of rotatable bonds is 8. The maximum atomic E-state index is 13.7. The first-order chi connectivity index (χ1) is 16.9. The summed E-state index contributed by atoms with van der Waals surface area (Å²) in [5.41, 5.74) is 3.29. The molecule has 0 spiro atoms. The van der Waals surface area contributed by atoms with E-state index in [-0.39, 0.29) is 12.0 Å². The molecule has 0 aromatic heterocycles. The van der Waals surface area contributed by atoms with Crippen molar-refractivity contribution in [3.8, 4) is 5.75 Å². The van der Waals surface area contributed by atoms with Crippen molar-refractivity contribution in [2.45, 2.75) is 19.6 Å². The number of piperazine rings is 1. The topological polar surface area (TPSA) is 42.0 Å². The minimum absolute atomic E-state index is 0.120. The predicted octanol–water partition coefficient (Wildman–Crippen LogP) is 5.51. The lowest BCUT2D eigenvalue weighted by atomic mass is 10.1. The smallest absolute Gasteiger partial charge is 0.254 e. The zero-order valence-corrected chi connectivity index (χ0v) is 20.8. The van der Waals surface area contributed by atoms with E-state index in [2.05, 4.69) is 4.90 Å². The zero-order valence-electron chi connectivity index (χ0n) is 20.0. The van der Waals surface area contributed by atoms with Crippen LogP contribution in [0.3, 0.4) is 0 Å². The first-order valence-electron chi connectivity index (χ1n) is 11.7. The second-order valence-electron chi connectivity index (χ2n) is 8.75. The number of benzene rings is 3. The van der Waals surface area contributed by atoms with Gasteiger partial charge in [-0.1, -0.05) is 41.9 Å². The summed E-state index contributed by atoms with van der Waals surface area (Å²) >= 11 is 6.11. The van der Waals surface area contributed by atoms with Crippen LogP contribution in [-0.2, 0) is 11.3 Å². The second-order valence-corrected chi connectivity index (χ2v) is 9.19. The lowest BCUT2D eigenvalue weighted by molar-refractivity contribution is 0.00336. The molecule has 1 saturated heterocycles. The third-order valence-electron chi connectivity index (χ3n) is 6.34. The molecule has 5 nitrogen and oxygen atoms in total. The van der Waals surface area contributed by atoms with E-state index in [1.807, 2.05) is 55.5 Å². The number of aryl methyl sites for hydroxylation is 1. The van der Waals surface area contributed by atoms with Crippen LogP contribution in [0.25, 0.3) is 0 Å². The number of ether oxygens (including phenoxy) is 2. The summed E-state index contributed by atoms with van der Waals surface area (Å²) in [7, 11) is 1.65. The molecule has 1 amide bonds. The molecule has 35 heavy (non-hydrogen) atoms. The minimum Gasteiger partial charge on any atom is -0.497 e. The van der Waals surface area contributed by atoms with E-state index in [0.29, 0.717) is 49.9 Å². The molecule has 0 bridgehead atoms. The normalized spacial score (nSPS) is 15.1. The fourth-order valence-electron chi connectivity index (χ4n) is 4.25. The van der Waals surface area contributed by atoms with Gasteiger partial charge in [-0.3, -0.25) is 9.69 Å². The highest BCUT2D eigenvalue weighted by Crippen LogP contribution is 2.24. The van der Waals surface area contributed by atoms with Crippen molar-refractivity contribution in [2.24, 2.45) is 0 Å². The largest absolute Gasteiger partial charge is 0.497 e. The Balaban J connectivity index is 1.40. The van der Waals surface area contributed by atoms with Gasteiger partial charge in [0.2, 0.25) is 0 Å². The van der Waals surface area contributed by atoms with Crippen molar-refractivity contribution < 1.29 is 18.7 Å². The summed E-state index contributed by atoms with van der Waals surface area (Å²) in [5, 5.41) is 0.681. The molecule has 1 atom stereocenters. The highest BCUT2D eigenvalue weighted by molar-refractivity contribution is 6.30. The summed E-state index contributed by atoms with van der Waals surface area (Å²) < 4.78 is 25.4. The van der Waals surface area contributed by atoms with Crippen molar-refractivity contribution in [3.05, 3.63) is 99.8 Å². The van der Waals surface area contributed by atoms with Gasteiger partial charge in [0.25, 0.3) is 5.91 Å². The average molecular weight is 497 g/mol. The molecule has 0 saturated carbocycles. The number of carbonyl (C=O) groups excluding carboxylic acids is 1. The van der Waals surface area contributed by atoms with Crippen LogP contribution in [0, 0.1) is 12.7 Å². The summed E-state index contributed by atoms with van der Waals surface area (Å²) in [6.45, 7) is 5.56. The van der Waals surface area contributed by atoms with Crippen LogP contribution in [0.15, 0.2) is 66.7 Å². The highest BCUT2D eigenvalue weighted by atomic mass is 35.5. The van der Waals surface area contributed by atoms with E-state index in [0.717, 1.165) is 22.4 Å². The van der Waals surface area contributed by atoms with Gasteiger partial charge in [-0.25, -0.2) is 4.39 Å². The monoisotopic (exact) mass is 496 g/mol. The molecule has 7 heteroatoms. The molecule has 1 heterocycles. The van der Waals surface area contributed by atoms with Crippen LogP contribution in [0.1, 0.15) is 33.2 Å². The molecule has 0 radical (unpaired) electrons. The molecule has 3 aromatic carbocycles. The van der Waals surface area contributed by atoms with Crippen molar-refractivity contribution in [1.29, 1.82) is 0 Å². The molecular formula is C28H30ClFN2O3. The van der Waals surface area contributed by atoms with Gasteiger partial charge in [-0.05, 0) is 60.0 Å². The zero-order chi connectivity index (χ0) is 24.8. The Morgan fingerprint density at radius 1 is 1.03 bits per heavy atom. The Kier molecular flexibility index (Phi) is 8.39. The van der Waals surface area contributed by atoms with Gasteiger partial charge in [-0.15, -0.1) is 0 Å². The maximum Gasteiger partial charge on any atom is 0.254 e. The lowest BCUT2D eigenvalue weighted by Crippen LogP contribution is -2.49. The molecule has 1 aliphatic heterocycles. The van der Waals surface area contributed by atoms with Crippen LogP contribution in [0.4, 0.5) is 4.39 Å². The van der Waals surface area contributed by atoms with Crippen LogP contribution >= 0.6 is 11.6 Å². The molecule has 4 rings (SSSR count). The van der Waals surface area contributed by atoms with Crippen molar-refractivity contribution in [1.82, 2.24) is 9.80 Å². The number of hydrogen-bond acceptors (Lipinski definition) is 4. The Labute approximate surface area is 211 Å².